The third-order valence-electron chi connectivity index (χ3n) is 4.86. The fourth-order valence-electron chi connectivity index (χ4n) is 3.24. The van der Waals surface area contributed by atoms with Crippen molar-refractivity contribution in [3.05, 3.63) is 59.7 Å². The zero-order valence-electron chi connectivity index (χ0n) is 16.7. The normalized spacial score (nSPS) is 13.7. The fraction of sp³-hybridized carbons (Fsp3) is 0.318. The van der Waals surface area contributed by atoms with Crippen molar-refractivity contribution in [3.63, 3.8) is 0 Å². The quantitative estimate of drug-likeness (QED) is 0.785. The Balaban J connectivity index is 1.55. The van der Waals surface area contributed by atoms with Gasteiger partial charge in [-0.05, 0) is 62.4 Å². The summed E-state index contributed by atoms with van der Waals surface area (Å²) in [5.74, 6) is 0.0229. The van der Waals surface area contributed by atoms with Gasteiger partial charge < -0.3 is 14.5 Å². The first kappa shape index (κ1) is 20.4. The predicted molar refractivity (Wildman–Crippen MR) is 112 cm³/mol. The highest BCUT2D eigenvalue weighted by molar-refractivity contribution is 5.95. The van der Waals surface area contributed by atoms with E-state index in [2.05, 4.69) is 10.2 Å². The van der Waals surface area contributed by atoms with Crippen molar-refractivity contribution in [1.29, 1.82) is 0 Å². The molecule has 0 saturated carbocycles. The lowest BCUT2D eigenvalue weighted by Gasteiger charge is -2.36. The van der Waals surface area contributed by atoms with E-state index >= 15 is 0 Å². The van der Waals surface area contributed by atoms with E-state index in [4.69, 9.17) is 4.74 Å². The number of nitrogens with zero attached hydrogens (tertiary/aromatic N) is 2. The maximum absolute atomic E-state index is 12.8. The van der Waals surface area contributed by atoms with Crippen molar-refractivity contribution in [3.8, 4) is 0 Å². The van der Waals surface area contributed by atoms with Gasteiger partial charge in [0.1, 0.15) is 0 Å². The summed E-state index contributed by atoms with van der Waals surface area (Å²) >= 11 is 0. The first-order valence-electron chi connectivity index (χ1n) is 9.67. The molecule has 0 aliphatic carbocycles. The van der Waals surface area contributed by atoms with Crippen LogP contribution in [0, 0.1) is 0 Å². The third kappa shape index (κ3) is 5.13. The molecule has 1 heterocycles. The van der Waals surface area contributed by atoms with Gasteiger partial charge in [0.2, 0.25) is 0 Å². The molecule has 0 spiro atoms. The van der Waals surface area contributed by atoms with Crippen molar-refractivity contribution in [2.75, 3.05) is 43.0 Å². The smallest absolute Gasteiger partial charge is 0.411 e. The van der Waals surface area contributed by atoms with E-state index in [1.807, 2.05) is 29.2 Å². The maximum Gasteiger partial charge on any atom is 0.411 e. The molecule has 152 valence electrons. The van der Waals surface area contributed by atoms with Crippen LogP contribution in [0.25, 0.3) is 0 Å². The van der Waals surface area contributed by atoms with Gasteiger partial charge in [-0.1, -0.05) is 0 Å². The molecule has 0 aromatic heterocycles. The number of hydrogen-bond acceptors (Lipinski definition) is 5. The summed E-state index contributed by atoms with van der Waals surface area (Å²) < 4.78 is 4.84. The van der Waals surface area contributed by atoms with Crippen molar-refractivity contribution in [2.24, 2.45) is 0 Å². The van der Waals surface area contributed by atoms with Crippen molar-refractivity contribution in [1.82, 2.24) is 4.90 Å². The van der Waals surface area contributed by atoms with Gasteiger partial charge in [-0.3, -0.25) is 14.9 Å². The van der Waals surface area contributed by atoms with Crippen LogP contribution in [-0.4, -0.2) is 55.5 Å². The topological polar surface area (TPSA) is 79.0 Å². The molecule has 3 rings (SSSR count). The molecule has 29 heavy (non-hydrogen) atoms. The van der Waals surface area contributed by atoms with Crippen LogP contribution in [0.4, 0.5) is 16.2 Å². The number of hydrogen-bond donors (Lipinski definition) is 1. The highest BCUT2D eigenvalue weighted by atomic mass is 16.5. The average molecular weight is 395 g/mol. The van der Waals surface area contributed by atoms with Crippen LogP contribution >= 0.6 is 0 Å². The van der Waals surface area contributed by atoms with Gasteiger partial charge in [-0.15, -0.1) is 0 Å². The molecule has 1 N–H and O–H groups in total. The third-order valence-corrected chi connectivity index (χ3v) is 4.86. The van der Waals surface area contributed by atoms with E-state index < -0.39 is 6.09 Å². The number of nitrogens with one attached hydrogen (secondary N) is 1. The molecule has 1 fully saturated rings. The van der Waals surface area contributed by atoms with Gasteiger partial charge in [0.05, 0.1) is 6.61 Å². The first-order valence-corrected chi connectivity index (χ1v) is 9.67. The van der Waals surface area contributed by atoms with Crippen LogP contribution in [0.5, 0.6) is 0 Å². The minimum Gasteiger partial charge on any atom is -0.450 e. The van der Waals surface area contributed by atoms with E-state index in [-0.39, 0.29) is 11.7 Å². The van der Waals surface area contributed by atoms with Crippen molar-refractivity contribution < 1.29 is 19.1 Å². The molecule has 1 aliphatic heterocycles. The molecule has 2 aromatic carbocycles. The van der Waals surface area contributed by atoms with Crippen LogP contribution in [0.2, 0.25) is 0 Å². The fourth-order valence-corrected chi connectivity index (χ4v) is 3.24. The second-order valence-electron chi connectivity index (χ2n) is 6.81. The number of rotatable bonds is 5. The summed E-state index contributed by atoms with van der Waals surface area (Å²) in [4.78, 5) is 39.6. The van der Waals surface area contributed by atoms with Crippen LogP contribution in [0.1, 0.15) is 34.6 Å². The highest BCUT2D eigenvalue weighted by Gasteiger charge is 2.22. The molecular weight excluding hydrogens is 370 g/mol. The number of Topliss-reactive ketones (excluding diaryl/α,β-unsaturated/α-hetero) is 1. The van der Waals surface area contributed by atoms with Crippen molar-refractivity contribution in [2.45, 2.75) is 13.8 Å². The SMILES string of the molecule is CCOC(=O)Nc1ccc(C(=O)N2CCN(c3ccc(C(C)=O)cc3)CC2)cc1. The summed E-state index contributed by atoms with van der Waals surface area (Å²) in [5.41, 5.74) is 2.91. The molecular formula is C22H25N3O4. The number of piperazine rings is 1. The maximum atomic E-state index is 12.8. The van der Waals surface area contributed by atoms with E-state index in [0.29, 0.717) is 36.5 Å². The average Bonchev–Trinajstić information content (AvgIpc) is 2.74. The van der Waals surface area contributed by atoms with Gasteiger partial charge >= 0.3 is 6.09 Å². The summed E-state index contributed by atoms with van der Waals surface area (Å²) in [6.07, 6.45) is -0.515. The van der Waals surface area contributed by atoms with Gasteiger partial charge in [0.15, 0.2) is 5.78 Å². The monoisotopic (exact) mass is 395 g/mol. The van der Waals surface area contributed by atoms with Crippen LogP contribution in [0.3, 0.4) is 0 Å². The zero-order chi connectivity index (χ0) is 20.8. The number of benzene rings is 2. The lowest BCUT2D eigenvalue weighted by molar-refractivity contribution is 0.0746. The number of anilines is 2. The molecule has 2 aromatic rings. The Bertz CT molecular complexity index is 870. The van der Waals surface area contributed by atoms with Gasteiger partial charge in [-0.2, -0.15) is 0 Å². The Morgan fingerprint density at radius 3 is 2.03 bits per heavy atom. The number of carbonyl (C=O) groups is 3. The highest BCUT2D eigenvalue weighted by Crippen LogP contribution is 2.19. The summed E-state index contributed by atoms with van der Waals surface area (Å²) in [7, 11) is 0. The van der Waals surface area contributed by atoms with E-state index in [9.17, 15) is 14.4 Å². The molecule has 0 atom stereocenters. The summed E-state index contributed by atoms with van der Waals surface area (Å²) in [6, 6.07) is 14.4. The zero-order valence-corrected chi connectivity index (χ0v) is 16.7. The summed E-state index contributed by atoms with van der Waals surface area (Å²) in [6.45, 7) is 6.30. The number of ketones is 1. The largest absolute Gasteiger partial charge is 0.450 e. The van der Waals surface area contributed by atoms with Crippen LogP contribution < -0.4 is 10.2 Å². The molecule has 0 bridgehead atoms. The van der Waals surface area contributed by atoms with Crippen LogP contribution in [0.15, 0.2) is 48.5 Å². The van der Waals surface area contributed by atoms with Gasteiger partial charge in [0, 0.05) is 48.7 Å². The molecule has 1 saturated heterocycles. The standard InChI is InChI=1S/C22H25N3O4/c1-3-29-22(28)23-19-8-4-18(5-9-19)21(27)25-14-12-24(13-15-25)20-10-6-17(7-11-20)16(2)26/h4-11H,3,12-15H2,1-2H3,(H,23,28). The predicted octanol–water partition coefficient (Wildman–Crippen LogP) is 3.42. The van der Waals surface area contributed by atoms with E-state index in [0.717, 1.165) is 18.8 Å². The molecule has 2 amide bonds. The van der Waals surface area contributed by atoms with Crippen LogP contribution in [-0.2, 0) is 4.74 Å². The molecule has 0 unspecified atom stereocenters. The van der Waals surface area contributed by atoms with Crippen molar-refractivity contribution >= 4 is 29.2 Å². The molecule has 1 aliphatic rings. The second-order valence-corrected chi connectivity index (χ2v) is 6.81. The van der Waals surface area contributed by atoms with Gasteiger partial charge in [-0.25, -0.2) is 4.79 Å². The van der Waals surface area contributed by atoms with Gasteiger partial charge in [0.25, 0.3) is 5.91 Å². The minimum atomic E-state index is -0.515. The number of carbonyl (C=O) groups excluding carboxylic acids is 3. The number of ether oxygens (including phenoxy) is 1. The Morgan fingerprint density at radius 1 is 0.897 bits per heavy atom. The summed E-state index contributed by atoms with van der Waals surface area (Å²) in [5, 5.41) is 2.61. The Labute approximate surface area is 170 Å². The second kappa shape index (κ2) is 9.23. The Kier molecular flexibility index (Phi) is 6.49. The lowest BCUT2D eigenvalue weighted by atomic mass is 10.1. The lowest BCUT2D eigenvalue weighted by Crippen LogP contribution is -2.48. The minimum absolute atomic E-state index is 0.0285. The molecule has 0 radical (unpaired) electrons. The first-order chi connectivity index (χ1) is 14.0. The number of amides is 2. The van der Waals surface area contributed by atoms with E-state index in [1.54, 1.807) is 38.1 Å². The molecule has 7 heteroatoms. The Morgan fingerprint density at radius 2 is 1.48 bits per heavy atom. The molecule has 7 nitrogen and oxygen atoms in total. The Hall–Kier alpha value is -3.35. The van der Waals surface area contributed by atoms with E-state index in [1.165, 1.54) is 0 Å².